The Morgan fingerprint density at radius 1 is 0.903 bits per heavy atom. The third-order valence-electron chi connectivity index (χ3n) is 4.78. The zero-order chi connectivity index (χ0) is 23.4. The summed E-state index contributed by atoms with van der Waals surface area (Å²) in [6.45, 7) is 2.66. The van der Waals surface area contributed by atoms with E-state index in [4.69, 9.17) is 9.47 Å². The molecule has 1 aromatic carbocycles. The van der Waals surface area contributed by atoms with Crippen LogP contribution < -0.4 is 20.1 Å². The topological polar surface area (TPSA) is 103 Å². The number of benzene rings is 1. The maximum Gasteiger partial charge on any atom is 0.232 e. The van der Waals surface area contributed by atoms with E-state index in [1.165, 1.54) is 14.2 Å². The van der Waals surface area contributed by atoms with E-state index in [9.17, 15) is 14.7 Å². The van der Waals surface area contributed by atoms with Gasteiger partial charge >= 0.3 is 0 Å². The number of rotatable bonds is 14. The van der Waals surface area contributed by atoms with Crippen molar-refractivity contribution in [3.05, 3.63) is 17.7 Å². The van der Waals surface area contributed by atoms with Crippen LogP contribution in [0.3, 0.4) is 0 Å². The fraction of sp³-hybridized carbons (Fsp3) is 0.636. The number of hydrogen-bond donors (Lipinski definition) is 3. The van der Waals surface area contributed by atoms with Gasteiger partial charge in [-0.25, -0.2) is 0 Å². The van der Waals surface area contributed by atoms with Crippen molar-refractivity contribution in [2.75, 3.05) is 68.6 Å². The first-order valence-corrected chi connectivity index (χ1v) is 10.5. The number of aromatic hydroxyl groups is 1. The summed E-state index contributed by atoms with van der Waals surface area (Å²) in [7, 11) is 10.7. The van der Waals surface area contributed by atoms with Crippen LogP contribution in [0.2, 0.25) is 0 Å². The van der Waals surface area contributed by atoms with Crippen LogP contribution in [0.4, 0.5) is 0 Å². The lowest BCUT2D eigenvalue weighted by molar-refractivity contribution is -0.135. The molecular formula is C22H38N4O5. The number of nitrogens with one attached hydrogen (secondary N) is 2. The minimum atomic E-state index is -0.905. The predicted molar refractivity (Wildman–Crippen MR) is 121 cm³/mol. The fourth-order valence-electron chi connectivity index (χ4n) is 3.07. The molecule has 0 radical (unpaired) electrons. The number of hydrogen-bond acceptors (Lipinski definition) is 7. The maximum absolute atomic E-state index is 12.8. The Kier molecular flexibility index (Phi) is 11.7. The maximum atomic E-state index is 12.8. The molecule has 9 heteroatoms. The van der Waals surface area contributed by atoms with Gasteiger partial charge in [0.15, 0.2) is 11.5 Å². The molecule has 9 nitrogen and oxygen atoms in total. The second-order valence-corrected chi connectivity index (χ2v) is 8.00. The molecule has 0 aromatic heterocycles. The average molecular weight is 439 g/mol. The lowest BCUT2D eigenvalue weighted by Gasteiger charge is -2.19. The third kappa shape index (κ3) is 9.44. The Morgan fingerprint density at radius 3 is 1.68 bits per heavy atom. The van der Waals surface area contributed by atoms with E-state index in [1.807, 2.05) is 38.0 Å². The van der Waals surface area contributed by atoms with Crippen molar-refractivity contribution in [2.24, 2.45) is 5.92 Å². The van der Waals surface area contributed by atoms with E-state index in [1.54, 1.807) is 12.1 Å². The van der Waals surface area contributed by atoms with Gasteiger partial charge in [-0.2, -0.15) is 0 Å². The van der Waals surface area contributed by atoms with Gasteiger partial charge in [0.1, 0.15) is 5.92 Å². The van der Waals surface area contributed by atoms with Gasteiger partial charge < -0.3 is 35.0 Å². The van der Waals surface area contributed by atoms with Crippen LogP contribution in [0.5, 0.6) is 17.2 Å². The van der Waals surface area contributed by atoms with Crippen LogP contribution in [-0.2, 0) is 16.0 Å². The van der Waals surface area contributed by atoms with E-state index in [2.05, 4.69) is 10.6 Å². The van der Waals surface area contributed by atoms with Crippen LogP contribution in [-0.4, -0.2) is 95.3 Å². The van der Waals surface area contributed by atoms with E-state index in [0.29, 0.717) is 18.7 Å². The standard InChI is InChI=1S/C22H38N4O5/c1-25(2)11-7-9-23-21(28)17(22(29)24-10-8-12-26(3)4)13-16-14-18(30-5)20(27)19(15-16)31-6/h14-15,17,27H,7-13H2,1-6H3,(H,23,28)(H,24,29). The highest BCUT2D eigenvalue weighted by Gasteiger charge is 2.27. The number of phenolic OH excluding ortho intramolecular Hbond substituents is 1. The molecule has 0 aliphatic rings. The van der Waals surface area contributed by atoms with E-state index >= 15 is 0 Å². The van der Waals surface area contributed by atoms with Gasteiger partial charge in [-0.05, 0) is 78.2 Å². The molecule has 0 saturated heterocycles. The molecular weight excluding hydrogens is 400 g/mol. The number of ether oxygens (including phenoxy) is 2. The molecule has 1 rings (SSSR count). The molecule has 0 atom stereocenters. The van der Waals surface area contributed by atoms with Crippen molar-refractivity contribution in [2.45, 2.75) is 19.3 Å². The summed E-state index contributed by atoms with van der Waals surface area (Å²) in [6.07, 6.45) is 1.74. The van der Waals surface area contributed by atoms with Gasteiger partial charge in [-0.1, -0.05) is 0 Å². The summed E-state index contributed by atoms with van der Waals surface area (Å²) in [5.41, 5.74) is 0.656. The van der Waals surface area contributed by atoms with Crippen molar-refractivity contribution in [3.8, 4) is 17.2 Å². The van der Waals surface area contributed by atoms with Gasteiger partial charge in [0.2, 0.25) is 17.6 Å². The summed E-state index contributed by atoms with van der Waals surface area (Å²) in [5.74, 6) is -1.22. The van der Waals surface area contributed by atoms with Crippen LogP contribution in [0.15, 0.2) is 12.1 Å². The lowest BCUT2D eigenvalue weighted by atomic mass is 9.96. The first-order valence-electron chi connectivity index (χ1n) is 10.5. The normalized spacial score (nSPS) is 11.1. The lowest BCUT2D eigenvalue weighted by Crippen LogP contribution is -2.43. The van der Waals surface area contributed by atoms with Crippen molar-refractivity contribution in [1.29, 1.82) is 0 Å². The van der Waals surface area contributed by atoms with Gasteiger partial charge in [-0.15, -0.1) is 0 Å². The van der Waals surface area contributed by atoms with Crippen molar-refractivity contribution >= 4 is 11.8 Å². The zero-order valence-corrected chi connectivity index (χ0v) is 19.7. The van der Waals surface area contributed by atoms with Crippen LogP contribution >= 0.6 is 0 Å². The van der Waals surface area contributed by atoms with Crippen LogP contribution in [0.25, 0.3) is 0 Å². The summed E-state index contributed by atoms with van der Waals surface area (Å²) in [5, 5.41) is 15.9. The zero-order valence-electron chi connectivity index (χ0n) is 19.7. The van der Waals surface area contributed by atoms with E-state index in [0.717, 1.165) is 25.9 Å². The molecule has 0 spiro atoms. The number of carbonyl (C=O) groups excluding carboxylic acids is 2. The molecule has 0 unspecified atom stereocenters. The first-order chi connectivity index (χ1) is 14.7. The Balaban J connectivity index is 2.93. The molecule has 0 aliphatic carbocycles. The Morgan fingerprint density at radius 2 is 1.32 bits per heavy atom. The van der Waals surface area contributed by atoms with Gasteiger partial charge in [0, 0.05) is 13.1 Å². The third-order valence-corrected chi connectivity index (χ3v) is 4.78. The predicted octanol–water partition coefficient (Wildman–Crippen LogP) is 0.704. The van der Waals surface area contributed by atoms with Crippen molar-refractivity contribution < 1.29 is 24.2 Å². The molecule has 176 valence electrons. The van der Waals surface area contributed by atoms with Gasteiger partial charge in [0.05, 0.1) is 14.2 Å². The number of carbonyl (C=O) groups is 2. The summed E-state index contributed by atoms with van der Waals surface area (Å²) in [6, 6.07) is 3.23. The van der Waals surface area contributed by atoms with Gasteiger partial charge in [-0.3, -0.25) is 9.59 Å². The summed E-state index contributed by atoms with van der Waals surface area (Å²) < 4.78 is 10.4. The van der Waals surface area contributed by atoms with E-state index in [-0.39, 0.29) is 35.5 Å². The summed E-state index contributed by atoms with van der Waals surface area (Å²) in [4.78, 5) is 29.8. The van der Waals surface area contributed by atoms with Crippen LogP contribution in [0, 0.1) is 5.92 Å². The van der Waals surface area contributed by atoms with Crippen molar-refractivity contribution in [1.82, 2.24) is 20.4 Å². The minimum absolute atomic E-state index is 0.119. The van der Waals surface area contributed by atoms with Gasteiger partial charge in [0.25, 0.3) is 0 Å². The second-order valence-electron chi connectivity index (χ2n) is 8.00. The molecule has 2 amide bonds. The Hall–Kier alpha value is -2.52. The smallest absolute Gasteiger partial charge is 0.232 e. The van der Waals surface area contributed by atoms with Crippen LogP contribution in [0.1, 0.15) is 18.4 Å². The first kappa shape index (κ1) is 26.5. The molecule has 0 heterocycles. The fourth-order valence-corrected chi connectivity index (χ4v) is 3.07. The largest absolute Gasteiger partial charge is 0.502 e. The highest BCUT2D eigenvalue weighted by atomic mass is 16.5. The number of phenols is 1. The monoisotopic (exact) mass is 438 g/mol. The minimum Gasteiger partial charge on any atom is -0.502 e. The highest BCUT2D eigenvalue weighted by molar-refractivity contribution is 6.00. The van der Waals surface area contributed by atoms with E-state index < -0.39 is 5.92 Å². The summed E-state index contributed by atoms with van der Waals surface area (Å²) >= 11 is 0. The number of amides is 2. The molecule has 0 saturated carbocycles. The molecule has 3 N–H and O–H groups in total. The SMILES string of the molecule is COc1cc(CC(C(=O)NCCCN(C)C)C(=O)NCCCN(C)C)cc(OC)c1O. The second kappa shape index (κ2) is 13.7. The molecule has 31 heavy (non-hydrogen) atoms. The Labute approximate surface area is 185 Å². The number of methoxy groups -OCH3 is 2. The van der Waals surface area contributed by atoms with Crippen molar-refractivity contribution in [3.63, 3.8) is 0 Å². The average Bonchev–Trinajstić information content (AvgIpc) is 2.72. The molecule has 0 aliphatic heterocycles. The highest BCUT2D eigenvalue weighted by Crippen LogP contribution is 2.37. The quantitative estimate of drug-likeness (QED) is 0.290. The number of nitrogens with zero attached hydrogens (tertiary/aromatic N) is 2. The molecule has 0 bridgehead atoms. The molecule has 0 fully saturated rings. The Bertz CT molecular complexity index is 656. The molecule has 1 aromatic rings.